The minimum absolute atomic E-state index is 0.0191. The minimum Gasteiger partial charge on any atom is -0.342 e. The van der Waals surface area contributed by atoms with Gasteiger partial charge in [-0.1, -0.05) is 30.3 Å². The fraction of sp³-hybridized carbons (Fsp3) is 0.240. The molecular weight excluding hydrogens is 400 g/mol. The quantitative estimate of drug-likeness (QED) is 0.461. The maximum Gasteiger partial charge on any atom is 0.266 e. The van der Waals surface area contributed by atoms with Gasteiger partial charge in [0, 0.05) is 12.3 Å². The van der Waals surface area contributed by atoms with E-state index in [1.165, 1.54) is 0 Å². The molecule has 1 aliphatic rings. The molecule has 3 heterocycles. The zero-order chi connectivity index (χ0) is 21.7. The summed E-state index contributed by atoms with van der Waals surface area (Å²) in [6.07, 6.45) is 6.12. The predicted octanol–water partition coefficient (Wildman–Crippen LogP) is 4.10. The summed E-state index contributed by atoms with van der Waals surface area (Å²) in [5, 5.41) is 0.674. The molecule has 0 unspecified atom stereocenters. The summed E-state index contributed by atoms with van der Waals surface area (Å²) < 4.78 is 1.81. The minimum atomic E-state index is -0.0191. The third-order valence-electron chi connectivity index (χ3n) is 6.38. The Morgan fingerprint density at radius 1 is 1.06 bits per heavy atom. The van der Waals surface area contributed by atoms with Crippen LogP contribution in [-0.2, 0) is 6.42 Å². The summed E-state index contributed by atoms with van der Waals surface area (Å²) in [6.45, 7) is 1.97. The van der Waals surface area contributed by atoms with Crippen LogP contribution in [0.4, 0.5) is 0 Å². The Balaban J connectivity index is 1.59. The van der Waals surface area contributed by atoms with Crippen molar-refractivity contribution in [3.8, 4) is 5.69 Å². The molecule has 32 heavy (non-hydrogen) atoms. The zero-order valence-electron chi connectivity index (χ0n) is 17.7. The van der Waals surface area contributed by atoms with Gasteiger partial charge in [0.1, 0.15) is 17.7 Å². The molecule has 0 spiro atoms. The van der Waals surface area contributed by atoms with Gasteiger partial charge < -0.3 is 4.98 Å². The van der Waals surface area contributed by atoms with E-state index in [0.717, 1.165) is 46.6 Å². The number of nitrogens with zero attached hydrogens (tertiary/aromatic N) is 5. The molecule has 0 bridgehead atoms. The second-order valence-corrected chi connectivity index (χ2v) is 8.48. The molecule has 1 aliphatic carbocycles. The Hall–Kier alpha value is -3.87. The van der Waals surface area contributed by atoms with Crippen LogP contribution in [0.1, 0.15) is 35.8 Å². The number of rotatable bonds is 5. The predicted molar refractivity (Wildman–Crippen MR) is 123 cm³/mol. The van der Waals surface area contributed by atoms with Crippen molar-refractivity contribution in [1.82, 2.24) is 29.5 Å². The van der Waals surface area contributed by atoms with Crippen LogP contribution in [-0.4, -0.2) is 29.5 Å². The molecule has 0 amide bonds. The standard InChI is InChI=1S/C25H22N6O/c1-15-6-5-9-19-21(15)25(32)31(17-7-3-2-4-8-17)24(30-19)18(16-10-11-16)12-20-22-23(28-13-26-20)29-14-27-22/h2-9,13-14,16,18H,10-12H2,1H3,(H,26,27,28,29)/t18-/m0/s1. The van der Waals surface area contributed by atoms with Crippen molar-refractivity contribution in [3.63, 3.8) is 0 Å². The molecule has 5 aromatic rings. The van der Waals surface area contributed by atoms with E-state index < -0.39 is 0 Å². The van der Waals surface area contributed by atoms with E-state index in [-0.39, 0.29) is 11.5 Å². The lowest BCUT2D eigenvalue weighted by Crippen LogP contribution is -2.27. The SMILES string of the molecule is Cc1cccc2nc([C@@H](Cc3ncnc4nc[nH]c34)C3CC3)n(-c3ccccc3)c(=O)c12. The third kappa shape index (κ3) is 3.09. The van der Waals surface area contributed by atoms with Gasteiger partial charge in [-0.05, 0) is 49.4 Å². The average molecular weight is 422 g/mol. The monoisotopic (exact) mass is 422 g/mol. The second-order valence-electron chi connectivity index (χ2n) is 8.48. The van der Waals surface area contributed by atoms with Crippen LogP contribution >= 0.6 is 0 Å². The number of hydrogen-bond acceptors (Lipinski definition) is 5. The van der Waals surface area contributed by atoms with E-state index >= 15 is 0 Å². The number of benzene rings is 2. The topological polar surface area (TPSA) is 89.3 Å². The Kier molecular flexibility index (Phi) is 4.35. The van der Waals surface area contributed by atoms with Crippen LogP contribution in [0.3, 0.4) is 0 Å². The molecule has 1 saturated carbocycles. The Bertz CT molecular complexity index is 1500. The largest absolute Gasteiger partial charge is 0.342 e. The number of hydrogen-bond donors (Lipinski definition) is 1. The van der Waals surface area contributed by atoms with Crippen molar-refractivity contribution in [1.29, 1.82) is 0 Å². The summed E-state index contributed by atoms with van der Waals surface area (Å²) in [7, 11) is 0. The maximum atomic E-state index is 13.8. The van der Waals surface area contributed by atoms with E-state index in [0.29, 0.717) is 23.4 Å². The first-order chi connectivity index (χ1) is 15.7. The van der Waals surface area contributed by atoms with Crippen LogP contribution in [0.5, 0.6) is 0 Å². The van der Waals surface area contributed by atoms with Crippen LogP contribution in [0.2, 0.25) is 0 Å². The number of para-hydroxylation sites is 1. The lowest BCUT2D eigenvalue weighted by Gasteiger charge is -2.22. The lowest BCUT2D eigenvalue weighted by atomic mass is 9.95. The summed E-state index contributed by atoms with van der Waals surface area (Å²) in [5.74, 6) is 1.33. The number of fused-ring (bicyclic) bond motifs is 2. The van der Waals surface area contributed by atoms with Gasteiger partial charge in [-0.15, -0.1) is 0 Å². The van der Waals surface area contributed by atoms with Crippen molar-refractivity contribution < 1.29 is 0 Å². The molecule has 1 fully saturated rings. The molecule has 0 radical (unpaired) electrons. The van der Waals surface area contributed by atoms with E-state index in [1.807, 2.05) is 60.0 Å². The fourth-order valence-electron chi connectivity index (χ4n) is 4.63. The van der Waals surface area contributed by atoms with Crippen molar-refractivity contribution in [2.75, 3.05) is 0 Å². The van der Waals surface area contributed by atoms with E-state index in [4.69, 9.17) is 4.98 Å². The molecule has 7 heteroatoms. The number of H-pyrrole nitrogens is 1. The number of nitrogens with one attached hydrogen (secondary N) is 1. The van der Waals surface area contributed by atoms with Crippen molar-refractivity contribution in [3.05, 3.63) is 88.6 Å². The van der Waals surface area contributed by atoms with Gasteiger partial charge in [-0.2, -0.15) is 0 Å². The molecule has 1 atom stereocenters. The van der Waals surface area contributed by atoms with E-state index in [2.05, 4.69) is 19.9 Å². The average Bonchev–Trinajstić information content (AvgIpc) is 3.53. The molecule has 158 valence electrons. The molecule has 3 aromatic heterocycles. The maximum absolute atomic E-state index is 13.8. The molecule has 1 N–H and O–H groups in total. The molecule has 7 nitrogen and oxygen atoms in total. The van der Waals surface area contributed by atoms with Gasteiger partial charge >= 0.3 is 0 Å². The smallest absolute Gasteiger partial charge is 0.266 e. The van der Waals surface area contributed by atoms with Gasteiger partial charge in [-0.3, -0.25) is 9.36 Å². The van der Waals surface area contributed by atoms with Gasteiger partial charge in [0.05, 0.1) is 28.6 Å². The van der Waals surface area contributed by atoms with Gasteiger partial charge in [0.25, 0.3) is 5.56 Å². The molecule has 0 aliphatic heterocycles. The van der Waals surface area contributed by atoms with Gasteiger partial charge in [0.2, 0.25) is 0 Å². The van der Waals surface area contributed by atoms with Crippen LogP contribution in [0, 0.1) is 12.8 Å². The first kappa shape index (κ1) is 18.9. The first-order valence-corrected chi connectivity index (χ1v) is 10.9. The normalized spacial score (nSPS) is 14.8. The van der Waals surface area contributed by atoms with E-state index in [9.17, 15) is 4.79 Å². The van der Waals surface area contributed by atoms with E-state index in [1.54, 1.807) is 12.7 Å². The molecular formula is C25H22N6O. The highest BCUT2D eigenvalue weighted by atomic mass is 16.1. The Morgan fingerprint density at radius 2 is 1.91 bits per heavy atom. The highest BCUT2D eigenvalue weighted by Crippen LogP contribution is 2.44. The van der Waals surface area contributed by atoms with Crippen LogP contribution in [0.15, 0.2) is 66.0 Å². The Labute approximate surface area is 184 Å². The van der Waals surface area contributed by atoms with Crippen LogP contribution in [0.25, 0.3) is 27.8 Å². The van der Waals surface area contributed by atoms with Crippen molar-refractivity contribution in [2.24, 2.45) is 5.92 Å². The number of aryl methyl sites for hydroxylation is 1. The van der Waals surface area contributed by atoms with Gasteiger partial charge in [0.15, 0.2) is 5.65 Å². The number of imidazole rings is 1. The number of aromatic amines is 1. The number of aromatic nitrogens is 6. The summed E-state index contributed by atoms with van der Waals surface area (Å²) >= 11 is 0. The fourth-order valence-corrected chi connectivity index (χ4v) is 4.63. The molecule has 0 saturated heterocycles. The third-order valence-corrected chi connectivity index (χ3v) is 6.38. The van der Waals surface area contributed by atoms with Crippen molar-refractivity contribution >= 4 is 22.1 Å². The lowest BCUT2D eigenvalue weighted by molar-refractivity contribution is 0.545. The first-order valence-electron chi connectivity index (χ1n) is 10.9. The van der Waals surface area contributed by atoms with Crippen LogP contribution < -0.4 is 5.56 Å². The molecule has 2 aromatic carbocycles. The Morgan fingerprint density at radius 3 is 2.72 bits per heavy atom. The summed E-state index contributed by atoms with van der Waals surface area (Å²) in [5.41, 5.74) is 4.92. The summed E-state index contributed by atoms with van der Waals surface area (Å²) in [6, 6.07) is 15.7. The second kappa shape index (κ2) is 7.37. The summed E-state index contributed by atoms with van der Waals surface area (Å²) in [4.78, 5) is 35.2. The molecule has 6 rings (SSSR count). The van der Waals surface area contributed by atoms with Gasteiger partial charge in [-0.25, -0.2) is 19.9 Å². The van der Waals surface area contributed by atoms with Crippen molar-refractivity contribution in [2.45, 2.75) is 32.1 Å². The highest BCUT2D eigenvalue weighted by molar-refractivity contribution is 5.81. The highest BCUT2D eigenvalue weighted by Gasteiger charge is 2.36. The zero-order valence-corrected chi connectivity index (χ0v) is 17.7.